The second-order valence-electron chi connectivity index (χ2n) is 5.79. The Hall–Kier alpha value is -3.23. The summed E-state index contributed by atoms with van der Waals surface area (Å²) in [6, 6.07) is 5.55. The van der Waals surface area contributed by atoms with E-state index in [9.17, 15) is 23.2 Å². The van der Waals surface area contributed by atoms with Crippen molar-refractivity contribution in [1.82, 2.24) is 5.32 Å². The molecule has 136 valence electrons. The van der Waals surface area contributed by atoms with Crippen LogP contribution in [-0.2, 0) is 16.1 Å². The predicted molar refractivity (Wildman–Crippen MR) is 84.3 cm³/mol. The van der Waals surface area contributed by atoms with Crippen molar-refractivity contribution in [3.63, 3.8) is 0 Å². The van der Waals surface area contributed by atoms with E-state index in [0.29, 0.717) is 6.07 Å². The second kappa shape index (κ2) is 6.95. The van der Waals surface area contributed by atoms with Crippen LogP contribution < -0.4 is 10.2 Å². The van der Waals surface area contributed by atoms with Gasteiger partial charge in [-0.2, -0.15) is 0 Å². The van der Waals surface area contributed by atoms with Gasteiger partial charge in [-0.05, 0) is 24.3 Å². The molecule has 2 heterocycles. The predicted octanol–water partition coefficient (Wildman–Crippen LogP) is 1.93. The standard InChI is InChI=1S/C17H14F2N2O5/c18-10-1-3-13(12(19)6-10)21-8-9(5-15(21)22)16(23)20-7-11-2-4-14(26-11)17(24)25/h1-4,6,9H,5,7-8H2,(H,20,23)(H,24,25)/t9-/m1/s1. The molecule has 1 fully saturated rings. The molecular formula is C17H14F2N2O5. The van der Waals surface area contributed by atoms with Crippen molar-refractivity contribution < 1.29 is 32.7 Å². The topological polar surface area (TPSA) is 99.8 Å². The lowest BCUT2D eigenvalue weighted by Crippen LogP contribution is -2.32. The van der Waals surface area contributed by atoms with Crippen molar-refractivity contribution in [2.24, 2.45) is 5.92 Å². The molecule has 1 aliphatic heterocycles. The molecule has 2 amide bonds. The fourth-order valence-electron chi connectivity index (χ4n) is 2.72. The highest BCUT2D eigenvalue weighted by molar-refractivity contribution is 6.00. The third kappa shape index (κ3) is 3.56. The van der Waals surface area contributed by atoms with Crippen LogP contribution >= 0.6 is 0 Å². The SMILES string of the molecule is O=C(O)c1ccc(CNC(=O)[C@@H]2CC(=O)N(c3ccc(F)cc3F)C2)o1. The minimum absolute atomic E-state index is 0.0360. The Kier molecular flexibility index (Phi) is 4.70. The molecular weight excluding hydrogens is 350 g/mol. The molecule has 1 aromatic heterocycles. The second-order valence-corrected chi connectivity index (χ2v) is 5.79. The van der Waals surface area contributed by atoms with Gasteiger partial charge in [0, 0.05) is 19.0 Å². The zero-order valence-corrected chi connectivity index (χ0v) is 13.4. The number of hydrogen-bond donors (Lipinski definition) is 2. The maximum Gasteiger partial charge on any atom is 0.371 e. The maximum atomic E-state index is 13.8. The van der Waals surface area contributed by atoms with Gasteiger partial charge >= 0.3 is 5.97 Å². The van der Waals surface area contributed by atoms with Crippen LogP contribution in [0.2, 0.25) is 0 Å². The van der Waals surface area contributed by atoms with Gasteiger partial charge in [-0.3, -0.25) is 9.59 Å². The van der Waals surface area contributed by atoms with Crippen LogP contribution in [0.1, 0.15) is 22.7 Å². The molecule has 0 unspecified atom stereocenters. The Labute approximate surface area is 146 Å². The van der Waals surface area contributed by atoms with Crippen LogP contribution in [0.3, 0.4) is 0 Å². The number of amides is 2. The van der Waals surface area contributed by atoms with Gasteiger partial charge in [0.05, 0.1) is 18.2 Å². The summed E-state index contributed by atoms with van der Waals surface area (Å²) in [5.74, 6) is -4.45. The van der Waals surface area contributed by atoms with E-state index < -0.39 is 35.3 Å². The van der Waals surface area contributed by atoms with Gasteiger partial charge in [-0.25, -0.2) is 13.6 Å². The number of carbonyl (C=O) groups is 3. The lowest BCUT2D eigenvalue weighted by atomic mass is 10.1. The third-order valence-corrected chi connectivity index (χ3v) is 4.01. The Morgan fingerprint density at radius 2 is 2.04 bits per heavy atom. The molecule has 9 heteroatoms. The van der Waals surface area contributed by atoms with Gasteiger partial charge in [0.25, 0.3) is 0 Å². The average molecular weight is 364 g/mol. The minimum atomic E-state index is -1.22. The number of benzene rings is 1. The largest absolute Gasteiger partial charge is 0.475 e. The number of hydrogen-bond acceptors (Lipinski definition) is 4. The van der Waals surface area contributed by atoms with E-state index in [4.69, 9.17) is 9.52 Å². The molecule has 0 radical (unpaired) electrons. The summed E-state index contributed by atoms with van der Waals surface area (Å²) >= 11 is 0. The van der Waals surface area contributed by atoms with Crippen molar-refractivity contribution in [2.75, 3.05) is 11.4 Å². The zero-order chi connectivity index (χ0) is 18.8. The molecule has 0 saturated carbocycles. The van der Waals surface area contributed by atoms with Gasteiger partial charge in [0.15, 0.2) is 0 Å². The first kappa shape index (κ1) is 17.6. The molecule has 1 aromatic carbocycles. The van der Waals surface area contributed by atoms with Gasteiger partial charge < -0.3 is 19.7 Å². The Balaban J connectivity index is 1.62. The Bertz CT molecular complexity index is 880. The fourth-order valence-corrected chi connectivity index (χ4v) is 2.72. The molecule has 7 nitrogen and oxygen atoms in total. The van der Waals surface area contributed by atoms with Crippen molar-refractivity contribution in [2.45, 2.75) is 13.0 Å². The van der Waals surface area contributed by atoms with Crippen LogP contribution in [0.5, 0.6) is 0 Å². The van der Waals surface area contributed by atoms with E-state index in [1.54, 1.807) is 0 Å². The highest BCUT2D eigenvalue weighted by atomic mass is 19.1. The molecule has 2 aromatic rings. The lowest BCUT2D eigenvalue weighted by Gasteiger charge is -2.17. The summed E-state index contributed by atoms with van der Waals surface area (Å²) in [5, 5.41) is 11.3. The minimum Gasteiger partial charge on any atom is -0.475 e. The van der Waals surface area contributed by atoms with Gasteiger partial charge in [0.1, 0.15) is 17.4 Å². The Morgan fingerprint density at radius 1 is 1.27 bits per heavy atom. The number of furan rings is 1. The summed E-state index contributed by atoms with van der Waals surface area (Å²) in [5.41, 5.74) is -0.0798. The number of halogens is 2. The number of aromatic carboxylic acids is 1. The first-order valence-electron chi connectivity index (χ1n) is 7.70. The van der Waals surface area contributed by atoms with E-state index in [1.165, 1.54) is 12.1 Å². The summed E-state index contributed by atoms with van der Waals surface area (Å²) in [4.78, 5) is 36.1. The molecule has 3 rings (SSSR count). The highest BCUT2D eigenvalue weighted by Crippen LogP contribution is 2.28. The molecule has 26 heavy (non-hydrogen) atoms. The van der Waals surface area contributed by atoms with E-state index in [2.05, 4.69) is 5.32 Å². The molecule has 0 spiro atoms. The number of carboxylic acids is 1. The number of anilines is 1. The Morgan fingerprint density at radius 3 is 2.69 bits per heavy atom. The van der Waals surface area contributed by atoms with E-state index in [-0.39, 0.29) is 36.7 Å². The summed E-state index contributed by atoms with van der Waals surface area (Å²) < 4.78 is 31.9. The van der Waals surface area contributed by atoms with E-state index in [1.807, 2.05) is 0 Å². The summed E-state index contributed by atoms with van der Waals surface area (Å²) in [7, 11) is 0. The normalized spacial score (nSPS) is 16.8. The smallest absolute Gasteiger partial charge is 0.371 e. The molecule has 1 aliphatic rings. The highest BCUT2D eigenvalue weighted by Gasteiger charge is 2.36. The van der Waals surface area contributed by atoms with Gasteiger partial charge in [0.2, 0.25) is 17.6 Å². The summed E-state index contributed by atoms with van der Waals surface area (Å²) in [6.45, 7) is -0.0759. The van der Waals surface area contributed by atoms with E-state index >= 15 is 0 Å². The molecule has 0 aliphatic carbocycles. The van der Waals surface area contributed by atoms with Crippen LogP contribution in [0.15, 0.2) is 34.7 Å². The maximum absolute atomic E-state index is 13.8. The first-order chi connectivity index (χ1) is 12.3. The van der Waals surface area contributed by atoms with Crippen molar-refractivity contribution >= 4 is 23.5 Å². The number of nitrogens with one attached hydrogen (secondary N) is 1. The molecule has 1 atom stereocenters. The van der Waals surface area contributed by atoms with Crippen molar-refractivity contribution in [1.29, 1.82) is 0 Å². The first-order valence-corrected chi connectivity index (χ1v) is 7.70. The fraction of sp³-hybridized carbons (Fsp3) is 0.235. The number of carbonyl (C=O) groups excluding carboxylic acids is 2. The van der Waals surface area contributed by atoms with Crippen molar-refractivity contribution in [3.05, 3.63) is 53.5 Å². The molecule has 0 bridgehead atoms. The quantitative estimate of drug-likeness (QED) is 0.844. The molecule has 1 saturated heterocycles. The summed E-state index contributed by atoms with van der Waals surface area (Å²) in [6.07, 6.45) is -0.110. The van der Waals surface area contributed by atoms with E-state index in [0.717, 1.165) is 17.0 Å². The number of carboxylic acid groups (broad SMARTS) is 1. The zero-order valence-electron chi connectivity index (χ0n) is 13.4. The van der Waals surface area contributed by atoms with Crippen LogP contribution in [0.25, 0.3) is 0 Å². The van der Waals surface area contributed by atoms with Gasteiger partial charge in [-0.1, -0.05) is 0 Å². The average Bonchev–Trinajstić information content (AvgIpc) is 3.20. The van der Waals surface area contributed by atoms with Crippen LogP contribution in [0, 0.1) is 17.6 Å². The van der Waals surface area contributed by atoms with Crippen LogP contribution in [-0.4, -0.2) is 29.4 Å². The lowest BCUT2D eigenvalue weighted by molar-refractivity contribution is -0.126. The van der Waals surface area contributed by atoms with Crippen LogP contribution in [0.4, 0.5) is 14.5 Å². The van der Waals surface area contributed by atoms with Crippen molar-refractivity contribution in [3.8, 4) is 0 Å². The van der Waals surface area contributed by atoms with Gasteiger partial charge in [-0.15, -0.1) is 0 Å². The monoisotopic (exact) mass is 364 g/mol. The third-order valence-electron chi connectivity index (χ3n) is 4.01. The number of rotatable bonds is 5. The molecule has 2 N–H and O–H groups in total. The number of nitrogens with zero attached hydrogens (tertiary/aromatic N) is 1.